The minimum absolute atomic E-state index is 0.102. The van der Waals surface area contributed by atoms with Gasteiger partial charge in [-0.2, -0.15) is 0 Å². The molecule has 10 heteroatoms. The minimum Gasteiger partial charge on any atom is -0.495 e. The zero-order valence-corrected chi connectivity index (χ0v) is 19.2. The molecular formula is C23H24ClN3O6. The number of anilines is 3. The standard InChI is InChI=1S/C23H24ClN3O6/c1-4-33-23(30)10-14-9-22(29)27(18-8-6-5-7-16(18)25-14)13-21(28)26-17-11-15(24)19(31-2)12-20(17)32-3/h5-9,11-12,25H,4,10,13H2,1-3H3,(H,26,28). The van der Waals surface area contributed by atoms with Gasteiger partial charge in [-0.25, -0.2) is 0 Å². The summed E-state index contributed by atoms with van der Waals surface area (Å²) in [5.41, 5.74) is 1.78. The van der Waals surface area contributed by atoms with E-state index in [4.69, 9.17) is 25.8 Å². The Bertz CT molecular complexity index is 1100. The number of esters is 1. The van der Waals surface area contributed by atoms with E-state index in [-0.39, 0.29) is 19.6 Å². The van der Waals surface area contributed by atoms with E-state index >= 15 is 0 Å². The fourth-order valence-electron chi connectivity index (χ4n) is 3.29. The number of ether oxygens (including phenoxy) is 3. The maximum atomic E-state index is 13.0. The molecule has 1 heterocycles. The normalized spacial score (nSPS) is 12.7. The van der Waals surface area contributed by atoms with E-state index < -0.39 is 17.8 Å². The molecule has 2 aromatic carbocycles. The third-order valence-corrected chi connectivity index (χ3v) is 5.04. The van der Waals surface area contributed by atoms with Crippen LogP contribution in [0.15, 0.2) is 48.2 Å². The van der Waals surface area contributed by atoms with Crippen LogP contribution >= 0.6 is 11.6 Å². The van der Waals surface area contributed by atoms with Crippen LogP contribution in [0.25, 0.3) is 0 Å². The molecule has 0 fully saturated rings. The van der Waals surface area contributed by atoms with Gasteiger partial charge in [0.1, 0.15) is 18.0 Å². The van der Waals surface area contributed by atoms with Crippen LogP contribution in [0.2, 0.25) is 5.02 Å². The van der Waals surface area contributed by atoms with Crippen molar-refractivity contribution in [2.75, 3.05) is 42.9 Å². The SMILES string of the molecule is CCOC(=O)CC1=CC(=O)N(CC(=O)Nc2cc(Cl)c(OC)cc2OC)c2ccccc2N1. The molecule has 33 heavy (non-hydrogen) atoms. The number of carbonyl (C=O) groups excluding carboxylic acids is 3. The summed E-state index contributed by atoms with van der Waals surface area (Å²) in [6, 6.07) is 10.1. The summed E-state index contributed by atoms with van der Waals surface area (Å²) >= 11 is 6.18. The Morgan fingerprint density at radius 2 is 1.85 bits per heavy atom. The molecule has 3 rings (SSSR count). The van der Waals surface area contributed by atoms with E-state index in [1.807, 2.05) is 0 Å². The molecule has 2 aromatic rings. The first kappa shape index (κ1) is 23.9. The minimum atomic E-state index is -0.472. The van der Waals surface area contributed by atoms with Crippen LogP contribution in [0.4, 0.5) is 17.1 Å². The highest BCUT2D eigenvalue weighted by Gasteiger charge is 2.25. The van der Waals surface area contributed by atoms with Gasteiger partial charge in [0.2, 0.25) is 5.91 Å². The predicted molar refractivity (Wildman–Crippen MR) is 125 cm³/mol. The highest BCUT2D eigenvalue weighted by molar-refractivity contribution is 6.32. The van der Waals surface area contributed by atoms with Gasteiger partial charge in [-0.3, -0.25) is 19.3 Å². The maximum absolute atomic E-state index is 13.0. The molecule has 0 aliphatic carbocycles. The Kier molecular flexibility index (Phi) is 7.78. The molecule has 0 aromatic heterocycles. The first-order valence-corrected chi connectivity index (χ1v) is 10.5. The number of rotatable bonds is 8. The van der Waals surface area contributed by atoms with Gasteiger partial charge < -0.3 is 24.8 Å². The second-order valence-corrected chi connectivity index (χ2v) is 7.36. The van der Waals surface area contributed by atoms with E-state index in [9.17, 15) is 14.4 Å². The predicted octanol–water partition coefficient (Wildman–Crippen LogP) is 3.59. The third kappa shape index (κ3) is 5.75. The second kappa shape index (κ2) is 10.7. The molecule has 0 unspecified atom stereocenters. The number of fused-ring (bicyclic) bond motifs is 1. The lowest BCUT2D eigenvalue weighted by Gasteiger charge is -2.22. The number of para-hydroxylation sites is 2. The van der Waals surface area contributed by atoms with Crippen LogP contribution in [0.3, 0.4) is 0 Å². The Hall–Kier alpha value is -3.72. The van der Waals surface area contributed by atoms with Gasteiger partial charge in [0, 0.05) is 17.8 Å². The average Bonchev–Trinajstić information content (AvgIpc) is 2.90. The zero-order valence-electron chi connectivity index (χ0n) is 18.4. The van der Waals surface area contributed by atoms with Gasteiger partial charge in [0.25, 0.3) is 5.91 Å². The van der Waals surface area contributed by atoms with Crippen molar-refractivity contribution in [2.45, 2.75) is 13.3 Å². The molecule has 0 saturated heterocycles. The van der Waals surface area contributed by atoms with E-state index in [1.54, 1.807) is 37.3 Å². The molecular weight excluding hydrogens is 450 g/mol. The molecule has 0 atom stereocenters. The maximum Gasteiger partial charge on any atom is 0.311 e. The molecule has 0 spiro atoms. The molecule has 1 aliphatic heterocycles. The second-order valence-electron chi connectivity index (χ2n) is 6.95. The lowest BCUT2D eigenvalue weighted by Crippen LogP contribution is -2.37. The summed E-state index contributed by atoms with van der Waals surface area (Å²) in [6.07, 6.45) is 1.19. The molecule has 2 N–H and O–H groups in total. The summed E-state index contributed by atoms with van der Waals surface area (Å²) in [5.74, 6) is -0.642. The average molecular weight is 474 g/mol. The summed E-state index contributed by atoms with van der Waals surface area (Å²) in [4.78, 5) is 39.1. The molecule has 0 saturated carbocycles. The lowest BCUT2D eigenvalue weighted by atomic mass is 10.2. The molecule has 1 aliphatic rings. The Labute approximate surface area is 196 Å². The fraction of sp³-hybridized carbons (Fsp3) is 0.261. The Morgan fingerprint density at radius 1 is 1.12 bits per heavy atom. The van der Waals surface area contributed by atoms with Crippen molar-refractivity contribution in [2.24, 2.45) is 0 Å². The molecule has 9 nitrogen and oxygen atoms in total. The summed E-state index contributed by atoms with van der Waals surface area (Å²) in [5, 5.41) is 6.10. The first-order chi connectivity index (χ1) is 15.9. The third-order valence-electron chi connectivity index (χ3n) is 4.74. The monoisotopic (exact) mass is 473 g/mol. The topological polar surface area (TPSA) is 106 Å². The Balaban J connectivity index is 1.84. The number of benzene rings is 2. The molecule has 2 amide bonds. The van der Waals surface area contributed by atoms with Gasteiger partial charge in [-0.1, -0.05) is 23.7 Å². The van der Waals surface area contributed by atoms with Gasteiger partial charge in [0.05, 0.1) is 49.3 Å². The number of methoxy groups -OCH3 is 2. The smallest absolute Gasteiger partial charge is 0.311 e. The molecule has 174 valence electrons. The van der Waals surface area contributed by atoms with E-state index in [2.05, 4.69) is 10.6 Å². The van der Waals surface area contributed by atoms with E-state index in [0.717, 1.165) is 0 Å². The van der Waals surface area contributed by atoms with Crippen LogP contribution in [0, 0.1) is 0 Å². The van der Waals surface area contributed by atoms with Crippen molar-refractivity contribution in [3.8, 4) is 11.5 Å². The fourth-order valence-corrected chi connectivity index (χ4v) is 3.53. The van der Waals surface area contributed by atoms with Crippen molar-refractivity contribution in [1.29, 1.82) is 0 Å². The highest BCUT2D eigenvalue weighted by atomic mass is 35.5. The van der Waals surface area contributed by atoms with E-state index in [0.29, 0.717) is 39.3 Å². The van der Waals surface area contributed by atoms with Crippen LogP contribution in [-0.2, 0) is 19.1 Å². The zero-order chi connectivity index (χ0) is 24.0. The van der Waals surface area contributed by atoms with Gasteiger partial charge in [0.15, 0.2) is 0 Å². The number of nitrogens with zero attached hydrogens (tertiary/aromatic N) is 1. The summed E-state index contributed by atoms with van der Waals surface area (Å²) in [6.45, 7) is 1.66. The molecule has 0 radical (unpaired) electrons. The van der Waals surface area contributed by atoms with Crippen molar-refractivity contribution in [3.63, 3.8) is 0 Å². The van der Waals surface area contributed by atoms with Crippen molar-refractivity contribution >= 4 is 46.4 Å². The number of halogens is 1. The van der Waals surface area contributed by atoms with Crippen molar-refractivity contribution in [3.05, 3.63) is 53.2 Å². The number of hydrogen-bond donors (Lipinski definition) is 2. The van der Waals surface area contributed by atoms with Gasteiger partial charge >= 0.3 is 5.97 Å². The van der Waals surface area contributed by atoms with Gasteiger partial charge in [-0.15, -0.1) is 0 Å². The van der Waals surface area contributed by atoms with E-state index in [1.165, 1.54) is 31.3 Å². The van der Waals surface area contributed by atoms with Crippen LogP contribution in [0.5, 0.6) is 11.5 Å². The van der Waals surface area contributed by atoms with Crippen LogP contribution in [-0.4, -0.2) is 45.2 Å². The number of carbonyl (C=O) groups is 3. The van der Waals surface area contributed by atoms with Gasteiger partial charge in [-0.05, 0) is 25.1 Å². The van der Waals surface area contributed by atoms with Crippen LogP contribution in [0.1, 0.15) is 13.3 Å². The van der Waals surface area contributed by atoms with Crippen molar-refractivity contribution < 1.29 is 28.6 Å². The summed E-state index contributed by atoms with van der Waals surface area (Å²) in [7, 11) is 2.92. The van der Waals surface area contributed by atoms with Crippen molar-refractivity contribution in [1.82, 2.24) is 0 Å². The first-order valence-electron chi connectivity index (χ1n) is 10.1. The number of hydrogen-bond acceptors (Lipinski definition) is 7. The summed E-state index contributed by atoms with van der Waals surface area (Å²) < 4.78 is 15.4. The quantitative estimate of drug-likeness (QED) is 0.564. The molecule has 0 bridgehead atoms. The lowest BCUT2D eigenvalue weighted by molar-refractivity contribution is -0.142. The number of amides is 2. The Morgan fingerprint density at radius 3 is 2.55 bits per heavy atom. The largest absolute Gasteiger partial charge is 0.495 e. The number of nitrogens with one attached hydrogen (secondary N) is 2. The van der Waals surface area contributed by atoms with Crippen LogP contribution < -0.4 is 25.0 Å². The highest BCUT2D eigenvalue weighted by Crippen LogP contribution is 2.36.